The molecule has 0 bridgehead atoms. The van der Waals surface area contributed by atoms with Crippen LogP contribution in [-0.2, 0) is 14.8 Å². The Morgan fingerprint density at radius 3 is 2.60 bits per heavy atom. The Kier molecular flexibility index (Phi) is 6.78. The van der Waals surface area contributed by atoms with Crippen LogP contribution in [0, 0.1) is 0 Å². The molecule has 2 N–H and O–H groups in total. The fraction of sp³-hybridized carbons (Fsp3) is 0.417. The minimum atomic E-state index is -3.38. The lowest BCUT2D eigenvalue weighted by Gasteiger charge is -2.09. The summed E-state index contributed by atoms with van der Waals surface area (Å²) in [5.41, 5.74) is 0.823. The summed E-state index contributed by atoms with van der Waals surface area (Å²) in [6, 6.07) is 4.62. The van der Waals surface area contributed by atoms with Gasteiger partial charge in [-0.15, -0.1) is 0 Å². The molecule has 0 saturated heterocycles. The summed E-state index contributed by atoms with van der Waals surface area (Å²) >= 11 is 9.26. The molecule has 0 aromatic heterocycles. The van der Waals surface area contributed by atoms with Crippen LogP contribution in [0.5, 0.6) is 0 Å². The van der Waals surface area contributed by atoms with Crippen LogP contribution in [0.4, 0.5) is 11.4 Å². The average molecular weight is 384 g/mol. The Morgan fingerprint density at radius 2 is 2.05 bits per heavy atom. The van der Waals surface area contributed by atoms with Crippen molar-refractivity contribution in [3.05, 3.63) is 23.2 Å². The van der Waals surface area contributed by atoms with Gasteiger partial charge < -0.3 is 5.32 Å². The van der Waals surface area contributed by atoms with Crippen molar-refractivity contribution in [2.45, 2.75) is 19.3 Å². The molecule has 1 amide bonds. The molecule has 1 rings (SSSR count). The van der Waals surface area contributed by atoms with E-state index >= 15 is 0 Å². The highest BCUT2D eigenvalue weighted by atomic mass is 79.9. The van der Waals surface area contributed by atoms with E-state index in [9.17, 15) is 13.2 Å². The number of anilines is 2. The lowest BCUT2D eigenvalue weighted by atomic mass is 10.2. The number of benzene rings is 1. The highest BCUT2D eigenvalue weighted by Crippen LogP contribution is 2.26. The topological polar surface area (TPSA) is 75.3 Å². The lowest BCUT2D eigenvalue weighted by Crippen LogP contribution is -2.12. The third-order valence-corrected chi connectivity index (χ3v) is 3.80. The van der Waals surface area contributed by atoms with E-state index in [1.54, 1.807) is 6.07 Å². The van der Waals surface area contributed by atoms with E-state index < -0.39 is 10.0 Å². The second-order valence-electron chi connectivity index (χ2n) is 4.26. The van der Waals surface area contributed by atoms with Gasteiger partial charge in [0.05, 0.1) is 17.0 Å². The standard InChI is InChI=1S/C12H16BrClN2O3S/c1-20(18,19)16-11-6-5-9(8-10(11)14)15-12(17)4-2-3-7-13/h5-6,8,16H,2-4,7H2,1H3,(H,15,17). The van der Waals surface area contributed by atoms with Crippen molar-refractivity contribution in [2.24, 2.45) is 0 Å². The van der Waals surface area contributed by atoms with Gasteiger partial charge in [0.1, 0.15) is 0 Å². The van der Waals surface area contributed by atoms with Gasteiger partial charge in [-0.05, 0) is 31.0 Å². The van der Waals surface area contributed by atoms with Crippen LogP contribution in [0.2, 0.25) is 5.02 Å². The van der Waals surface area contributed by atoms with Crippen molar-refractivity contribution in [2.75, 3.05) is 21.6 Å². The van der Waals surface area contributed by atoms with E-state index in [1.165, 1.54) is 12.1 Å². The molecule has 0 fully saturated rings. The van der Waals surface area contributed by atoms with E-state index in [0.717, 1.165) is 24.4 Å². The van der Waals surface area contributed by atoms with Crippen molar-refractivity contribution in [1.29, 1.82) is 0 Å². The molecule has 1 aromatic carbocycles. The SMILES string of the molecule is CS(=O)(=O)Nc1ccc(NC(=O)CCCCBr)cc1Cl. The van der Waals surface area contributed by atoms with Crippen LogP contribution >= 0.6 is 27.5 Å². The van der Waals surface area contributed by atoms with Crippen LogP contribution in [-0.4, -0.2) is 25.9 Å². The fourth-order valence-corrected chi connectivity index (χ4v) is 2.74. The van der Waals surface area contributed by atoms with E-state index in [2.05, 4.69) is 26.0 Å². The molecule has 0 atom stereocenters. The number of sulfonamides is 1. The van der Waals surface area contributed by atoms with E-state index in [-0.39, 0.29) is 16.6 Å². The van der Waals surface area contributed by atoms with Crippen LogP contribution in [0.25, 0.3) is 0 Å². The van der Waals surface area contributed by atoms with E-state index in [4.69, 9.17) is 11.6 Å². The van der Waals surface area contributed by atoms with Crippen LogP contribution < -0.4 is 10.0 Å². The first-order valence-electron chi connectivity index (χ1n) is 5.95. The number of carbonyl (C=O) groups excluding carboxylic acids is 1. The molecule has 0 aliphatic heterocycles. The molecule has 0 heterocycles. The summed E-state index contributed by atoms with van der Waals surface area (Å²) in [6.45, 7) is 0. The first kappa shape index (κ1) is 17.3. The monoisotopic (exact) mass is 382 g/mol. The second kappa shape index (κ2) is 7.85. The summed E-state index contributed by atoms with van der Waals surface area (Å²) in [7, 11) is -3.38. The van der Waals surface area contributed by atoms with Crippen molar-refractivity contribution in [3.8, 4) is 0 Å². The van der Waals surface area contributed by atoms with Crippen LogP contribution in [0.15, 0.2) is 18.2 Å². The Balaban J connectivity index is 2.65. The Hall–Kier alpha value is -0.790. The van der Waals surface area contributed by atoms with Gasteiger partial charge in [0.15, 0.2) is 0 Å². The first-order valence-corrected chi connectivity index (χ1v) is 9.34. The summed E-state index contributed by atoms with van der Waals surface area (Å²) in [5.74, 6) is -0.0918. The van der Waals surface area contributed by atoms with Gasteiger partial charge >= 0.3 is 0 Å². The molecule has 8 heteroatoms. The third kappa shape index (κ3) is 6.58. The second-order valence-corrected chi connectivity index (χ2v) is 7.21. The quantitative estimate of drug-likeness (QED) is 0.561. The zero-order valence-electron chi connectivity index (χ0n) is 10.9. The molecule has 112 valence electrons. The maximum atomic E-state index is 11.6. The first-order chi connectivity index (χ1) is 9.31. The minimum absolute atomic E-state index is 0.0918. The molecule has 0 radical (unpaired) electrons. The summed E-state index contributed by atoms with van der Waals surface area (Å²) in [5, 5.41) is 3.82. The highest BCUT2D eigenvalue weighted by Gasteiger charge is 2.08. The van der Waals surface area contributed by atoms with Gasteiger partial charge in [-0.2, -0.15) is 0 Å². The predicted octanol–water partition coefficient (Wildman–Crippen LogP) is 3.22. The minimum Gasteiger partial charge on any atom is -0.326 e. The molecule has 0 unspecified atom stereocenters. The number of alkyl halides is 1. The Morgan fingerprint density at radius 1 is 1.35 bits per heavy atom. The smallest absolute Gasteiger partial charge is 0.229 e. The zero-order chi connectivity index (χ0) is 15.2. The molecule has 0 spiro atoms. The Bertz CT molecular complexity index is 578. The number of halogens is 2. The summed E-state index contributed by atoms with van der Waals surface area (Å²) < 4.78 is 24.5. The van der Waals surface area contributed by atoms with E-state index in [1.807, 2.05) is 0 Å². The number of unbranched alkanes of at least 4 members (excludes halogenated alkanes) is 1. The number of hydrogen-bond donors (Lipinski definition) is 2. The summed E-state index contributed by atoms with van der Waals surface area (Å²) in [6.07, 6.45) is 3.22. The molecule has 5 nitrogen and oxygen atoms in total. The van der Waals surface area contributed by atoms with Crippen LogP contribution in [0.3, 0.4) is 0 Å². The molecule has 1 aromatic rings. The van der Waals surface area contributed by atoms with Gasteiger partial charge in [0, 0.05) is 17.4 Å². The van der Waals surface area contributed by atoms with Gasteiger partial charge in [-0.25, -0.2) is 8.42 Å². The number of amides is 1. The fourth-order valence-electron chi connectivity index (χ4n) is 1.48. The number of rotatable bonds is 7. The van der Waals surface area contributed by atoms with Crippen molar-refractivity contribution in [1.82, 2.24) is 0 Å². The van der Waals surface area contributed by atoms with Gasteiger partial charge in [-0.1, -0.05) is 27.5 Å². The van der Waals surface area contributed by atoms with E-state index in [0.29, 0.717) is 12.1 Å². The maximum Gasteiger partial charge on any atom is 0.229 e. The van der Waals surface area contributed by atoms with Crippen LogP contribution in [0.1, 0.15) is 19.3 Å². The number of carbonyl (C=O) groups is 1. The molecule has 20 heavy (non-hydrogen) atoms. The normalized spacial score (nSPS) is 11.2. The zero-order valence-corrected chi connectivity index (χ0v) is 14.1. The van der Waals surface area contributed by atoms with Crippen molar-refractivity contribution in [3.63, 3.8) is 0 Å². The maximum absolute atomic E-state index is 11.6. The van der Waals surface area contributed by atoms with Crippen molar-refractivity contribution >= 4 is 54.8 Å². The summed E-state index contributed by atoms with van der Waals surface area (Å²) in [4.78, 5) is 11.6. The van der Waals surface area contributed by atoms with Gasteiger partial charge in [0.2, 0.25) is 15.9 Å². The largest absolute Gasteiger partial charge is 0.326 e. The number of nitrogens with one attached hydrogen (secondary N) is 2. The third-order valence-electron chi connectivity index (χ3n) is 2.34. The predicted molar refractivity (Wildman–Crippen MR) is 86.2 cm³/mol. The average Bonchev–Trinajstić information content (AvgIpc) is 2.31. The van der Waals surface area contributed by atoms with Crippen molar-refractivity contribution < 1.29 is 13.2 Å². The molecular weight excluding hydrogens is 368 g/mol. The molecule has 0 saturated carbocycles. The lowest BCUT2D eigenvalue weighted by molar-refractivity contribution is -0.116. The molecular formula is C12H16BrClN2O3S. The number of hydrogen-bond acceptors (Lipinski definition) is 3. The van der Waals surface area contributed by atoms with Gasteiger partial charge in [-0.3, -0.25) is 9.52 Å². The van der Waals surface area contributed by atoms with Gasteiger partial charge in [0.25, 0.3) is 0 Å². The Labute approximate surface area is 132 Å². The molecule has 0 aliphatic carbocycles. The highest BCUT2D eigenvalue weighted by molar-refractivity contribution is 9.09. The molecule has 0 aliphatic rings.